The Bertz CT molecular complexity index is 1150. The van der Waals surface area contributed by atoms with E-state index in [0.717, 1.165) is 16.7 Å². The van der Waals surface area contributed by atoms with Crippen molar-refractivity contribution in [3.8, 4) is 5.75 Å². The molecule has 1 unspecified atom stereocenters. The van der Waals surface area contributed by atoms with Crippen LogP contribution in [-0.4, -0.2) is 12.0 Å². The molecule has 1 atom stereocenters. The second-order valence-electron chi connectivity index (χ2n) is 6.78. The molecule has 3 aromatic carbocycles. The number of nitrogens with zero attached hydrogens (tertiary/aromatic N) is 1. The molecular weight excluding hydrogens is 412 g/mol. The Morgan fingerprint density at radius 2 is 1.71 bits per heavy atom. The van der Waals surface area contributed by atoms with Gasteiger partial charge in [-0.3, -0.25) is 0 Å². The van der Waals surface area contributed by atoms with Crippen LogP contribution in [-0.2, 0) is 9.53 Å². The Morgan fingerprint density at radius 3 is 2.42 bits per heavy atom. The number of esters is 1. The third-order valence-corrected chi connectivity index (χ3v) is 4.82. The lowest BCUT2D eigenvalue weighted by molar-refractivity contribution is -0.128. The summed E-state index contributed by atoms with van der Waals surface area (Å²) in [7, 11) is 0. The quantitative estimate of drug-likeness (QED) is 0.335. The van der Waals surface area contributed by atoms with Gasteiger partial charge in [0.05, 0.1) is 5.70 Å². The van der Waals surface area contributed by atoms with Crippen molar-refractivity contribution >= 4 is 35.4 Å². The second kappa shape index (κ2) is 9.32. The lowest BCUT2D eigenvalue weighted by Crippen LogP contribution is -2.22. The number of amidine groups is 1. The lowest BCUT2D eigenvalue weighted by atomic mass is 10.0. The monoisotopic (exact) mass is 430 g/mol. The molecule has 3 aromatic rings. The van der Waals surface area contributed by atoms with Crippen LogP contribution in [0.15, 0.2) is 96.0 Å². The molecular formula is C25H19ClN2O3. The molecule has 31 heavy (non-hydrogen) atoms. The maximum Gasteiger partial charge on any atom is 0.336 e. The van der Waals surface area contributed by atoms with Gasteiger partial charge in [-0.25, -0.2) is 4.79 Å². The van der Waals surface area contributed by atoms with Gasteiger partial charge in [-0.05, 0) is 47.5 Å². The summed E-state index contributed by atoms with van der Waals surface area (Å²) in [5.74, 6) is -0.0161. The van der Waals surface area contributed by atoms with Crippen molar-refractivity contribution in [2.24, 2.45) is 10.7 Å². The SMILES string of the molecule is NC1=NC(c2ccc(Cl)cc2)=CC(c2ccc(OC(=O)/C=C\c3ccccc3)cc2)O1. The molecule has 154 valence electrons. The summed E-state index contributed by atoms with van der Waals surface area (Å²) in [5.41, 5.74) is 9.24. The number of halogens is 1. The molecule has 2 N–H and O–H groups in total. The molecule has 4 rings (SSSR count). The highest BCUT2D eigenvalue weighted by atomic mass is 35.5. The largest absolute Gasteiger partial charge is 0.453 e. The maximum atomic E-state index is 12.1. The van der Waals surface area contributed by atoms with E-state index in [9.17, 15) is 4.79 Å². The number of carbonyl (C=O) groups excluding carboxylic acids is 1. The van der Waals surface area contributed by atoms with Crippen LogP contribution < -0.4 is 10.5 Å². The summed E-state index contributed by atoms with van der Waals surface area (Å²) < 4.78 is 11.0. The van der Waals surface area contributed by atoms with Crippen LogP contribution >= 0.6 is 11.6 Å². The highest BCUT2D eigenvalue weighted by Crippen LogP contribution is 2.30. The van der Waals surface area contributed by atoms with E-state index in [0.29, 0.717) is 16.5 Å². The smallest absolute Gasteiger partial charge is 0.336 e. The molecule has 0 saturated heterocycles. The average Bonchev–Trinajstić information content (AvgIpc) is 2.79. The maximum absolute atomic E-state index is 12.1. The molecule has 0 spiro atoms. The second-order valence-corrected chi connectivity index (χ2v) is 7.22. The van der Waals surface area contributed by atoms with Crippen LogP contribution in [0.3, 0.4) is 0 Å². The van der Waals surface area contributed by atoms with Gasteiger partial charge in [-0.15, -0.1) is 0 Å². The molecule has 0 aromatic heterocycles. The molecule has 1 heterocycles. The van der Waals surface area contributed by atoms with Crippen LogP contribution in [0.1, 0.15) is 22.8 Å². The predicted molar refractivity (Wildman–Crippen MR) is 122 cm³/mol. The van der Waals surface area contributed by atoms with Crippen molar-refractivity contribution in [3.05, 3.63) is 113 Å². The van der Waals surface area contributed by atoms with Gasteiger partial charge < -0.3 is 15.2 Å². The average molecular weight is 431 g/mol. The summed E-state index contributed by atoms with van der Waals surface area (Å²) in [4.78, 5) is 16.3. The summed E-state index contributed by atoms with van der Waals surface area (Å²) in [6.07, 6.45) is 4.57. The van der Waals surface area contributed by atoms with Crippen molar-refractivity contribution in [1.82, 2.24) is 0 Å². The number of nitrogens with two attached hydrogens (primary N) is 1. The molecule has 6 heteroatoms. The Balaban J connectivity index is 1.45. The first-order valence-electron chi connectivity index (χ1n) is 9.60. The Kier molecular flexibility index (Phi) is 6.15. The van der Waals surface area contributed by atoms with Crippen molar-refractivity contribution in [3.63, 3.8) is 0 Å². The van der Waals surface area contributed by atoms with Crippen LogP contribution in [0.4, 0.5) is 0 Å². The molecule has 0 saturated carbocycles. The Labute approximate surface area is 185 Å². The summed E-state index contributed by atoms with van der Waals surface area (Å²) in [6.45, 7) is 0. The van der Waals surface area contributed by atoms with Crippen LogP contribution in [0.5, 0.6) is 5.75 Å². The van der Waals surface area contributed by atoms with Crippen molar-refractivity contribution in [1.29, 1.82) is 0 Å². The molecule has 0 radical (unpaired) electrons. The molecule has 0 fully saturated rings. The van der Waals surface area contributed by atoms with Gasteiger partial charge in [-0.1, -0.05) is 66.2 Å². The van der Waals surface area contributed by atoms with Crippen molar-refractivity contribution in [2.45, 2.75) is 6.10 Å². The molecule has 0 aliphatic carbocycles. The van der Waals surface area contributed by atoms with E-state index in [1.807, 2.05) is 60.7 Å². The molecule has 0 bridgehead atoms. The number of hydrogen-bond acceptors (Lipinski definition) is 5. The standard InChI is InChI=1S/C25H19ClN2O3/c26-20-11-7-18(8-12-20)22-16-23(31-25(27)28-22)19-9-13-21(14-10-19)30-24(29)15-6-17-4-2-1-3-5-17/h1-16,23H,(H2,27,28)/b15-6-. The van der Waals surface area contributed by atoms with Crippen LogP contribution in [0.25, 0.3) is 11.8 Å². The first-order valence-corrected chi connectivity index (χ1v) is 9.98. The van der Waals surface area contributed by atoms with Gasteiger partial charge in [0.25, 0.3) is 6.02 Å². The first kappa shape index (κ1) is 20.4. The zero-order valence-electron chi connectivity index (χ0n) is 16.4. The summed E-state index contributed by atoms with van der Waals surface area (Å²) in [5, 5.41) is 0.647. The van der Waals surface area contributed by atoms with Crippen molar-refractivity contribution < 1.29 is 14.3 Å². The van der Waals surface area contributed by atoms with Crippen LogP contribution in [0, 0.1) is 0 Å². The minimum atomic E-state index is -0.452. The van der Waals surface area contributed by atoms with E-state index < -0.39 is 12.1 Å². The van der Waals surface area contributed by atoms with E-state index in [-0.39, 0.29) is 6.02 Å². The minimum absolute atomic E-state index is 0.0824. The van der Waals surface area contributed by atoms with Gasteiger partial charge in [0.1, 0.15) is 11.9 Å². The third kappa shape index (κ3) is 5.41. The number of benzene rings is 3. The lowest BCUT2D eigenvalue weighted by Gasteiger charge is -2.21. The van der Waals surface area contributed by atoms with Crippen molar-refractivity contribution in [2.75, 3.05) is 0 Å². The minimum Gasteiger partial charge on any atom is -0.453 e. The fourth-order valence-corrected chi connectivity index (χ4v) is 3.17. The normalized spacial score (nSPS) is 15.7. The number of rotatable bonds is 5. The number of ether oxygens (including phenoxy) is 2. The van der Waals surface area contributed by atoms with Gasteiger partial charge >= 0.3 is 5.97 Å². The van der Waals surface area contributed by atoms with E-state index in [1.54, 1.807) is 30.3 Å². The fourth-order valence-electron chi connectivity index (χ4n) is 3.04. The third-order valence-electron chi connectivity index (χ3n) is 4.57. The molecule has 0 amide bonds. The number of aliphatic imine (C=N–C) groups is 1. The van der Waals surface area contributed by atoms with Gasteiger partial charge in [0, 0.05) is 16.7 Å². The zero-order valence-corrected chi connectivity index (χ0v) is 17.2. The number of hydrogen-bond donors (Lipinski definition) is 1. The predicted octanol–water partition coefficient (Wildman–Crippen LogP) is 5.39. The highest BCUT2D eigenvalue weighted by Gasteiger charge is 2.19. The Morgan fingerprint density at radius 1 is 1.00 bits per heavy atom. The Hall–Kier alpha value is -3.83. The van der Waals surface area contributed by atoms with E-state index in [1.165, 1.54) is 6.08 Å². The first-order chi connectivity index (χ1) is 15.1. The van der Waals surface area contributed by atoms with Gasteiger partial charge in [0.15, 0.2) is 0 Å². The molecule has 1 aliphatic heterocycles. The van der Waals surface area contributed by atoms with E-state index in [4.69, 9.17) is 26.8 Å². The molecule has 5 nitrogen and oxygen atoms in total. The van der Waals surface area contributed by atoms with Gasteiger partial charge in [-0.2, -0.15) is 4.99 Å². The number of carbonyl (C=O) groups is 1. The highest BCUT2D eigenvalue weighted by molar-refractivity contribution is 6.30. The zero-order chi connectivity index (χ0) is 21.6. The molecule has 1 aliphatic rings. The summed E-state index contributed by atoms with van der Waals surface area (Å²) >= 11 is 5.96. The fraction of sp³-hybridized carbons (Fsp3) is 0.0400. The van der Waals surface area contributed by atoms with E-state index >= 15 is 0 Å². The van der Waals surface area contributed by atoms with Crippen LogP contribution in [0.2, 0.25) is 5.02 Å². The van der Waals surface area contributed by atoms with Gasteiger partial charge in [0.2, 0.25) is 0 Å². The summed E-state index contributed by atoms with van der Waals surface area (Å²) in [6, 6.07) is 24.0. The van der Waals surface area contributed by atoms with E-state index in [2.05, 4.69) is 4.99 Å². The topological polar surface area (TPSA) is 73.9 Å².